The Labute approximate surface area is 316 Å². The van der Waals surface area contributed by atoms with Crippen LogP contribution in [-0.4, -0.2) is 5.84 Å². The van der Waals surface area contributed by atoms with Crippen molar-refractivity contribution in [1.29, 1.82) is 0 Å². The molecule has 10 aromatic rings. The number of nitrogens with one attached hydrogen (secondary N) is 2. The fourth-order valence-electron chi connectivity index (χ4n) is 8.16. The van der Waals surface area contributed by atoms with Crippen LogP contribution in [0.3, 0.4) is 0 Å². The lowest BCUT2D eigenvalue weighted by molar-refractivity contribution is 0.409. The van der Waals surface area contributed by atoms with Gasteiger partial charge < -0.3 is 9.73 Å². The Morgan fingerprint density at radius 1 is 0.481 bits per heavy atom. The van der Waals surface area contributed by atoms with Crippen LogP contribution in [0.2, 0.25) is 0 Å². The van der Waals surface area contributed by atoms with Gasteiger partial charge in [-0.2, -0.15) is 0 Å². The van der Waals surface area contributed by atoms with Crippen molar-refractivity contribution in [3.63, 3.8) is 0 Å². The molecule has 256 valence electrons. The van der Waals surface area contributed by atoms with Crippen molar-refractivity contribution in [2.75, 3.05) is 0 Å². The highest BCUT2D eigenvalue weighted by molar-refractivity contribution is 7.26. The van der Waals surface area contributed by atoms with E-state index < -0.39 is 0 Å². The lowest BCUT2D eigenvalue weighted by Gasteiger charge is -2.32. The molecule has 1 aliphatic heterocycles. The first kappa shape index (κ1) is 31.0. The van der Waals surface area contributed by atoms with E-state index in [4.69, 9.17) is 9.41 Å². The monoisotopic (exact) mass is 711 g/mol. The van der Waals surface area contributed by atoms with Crippen molar-refractivity contribution in [2.24, 2.45) is 4.99 Å². The highest BCUT2D eigenvalue weighted by Gasteiger charge is 2.26. The average Bonchev–Trinajstić information content (AvgIpc) is 3.83. The van der Waals surface area contributed by atoms with Crippen LogP contribution in [0.25, 0.3) is 75.1 Å². The number of fused-ring (bicyclic) bond motifs is 8. The van der Waals surface area contributed by atoms with E-state index in [0.717, 1.165) is 33.5 Å². The number of rotatable bonds is 5. The molecule has 4 nitrogen and oxygen atoms in total. The van der Waals surface area contributed by atoms with Gasteiger partial charge in [-0.15, -0.1) is 11.3 Å². The normalized spacial score (nSPS) is 16.0. The lowest BCUT2D eigenvalue weighted by atomic mass is 9.97. The Balaban J connectivity index is 1.02. The average molecular weight is 712 g/mol. The van der Waals surface area contributed by atoms with Gasteiger partial charge in [0.25, 0.3) is 0 Å². The molecular weight excluding hydrogens is 679 g/mol. The Morgan fingerprint density at radius 2 is 1.11 bits per heavy atom. The number of benzene rings is 8. The number of thiophene rings is 1. The van der Waals surface area contributed by atoms with Gasteiger partial charge in [0, 0.05) is 36.5 Å². The van der Waals surface area contributed by atoms with Gasteiger partial charge in [0.15, 0.2) is 0 Å². The molecule has 54 heavy (non-hydrogen) atoms. The zero-order chi connectivity index (χ0) is 35.6. The summed E-state index contributed by atoms with van der Waals surface area (Å²) in [6.07, 6.45) is -0.319. The quantitative estimate of drug-likeness (QED) is 0.187. The number of aliphatic imine (C=N–C) groups is 1. The van der Waals surface area contributed by atoms with Gasteiger partial charge in [0.1, 0.15) is 29.3 Å². The van der Waals surface area contributed by atoms with Crippen molar-refractivity contribution in [3.8, 4) is 22.3 Å². The molecule has 1 aliphatic rings. The van der Waals surface area contributed by atoms with Crippen LogP contribution in [0.5, 0.6) is 0 Å². The summed E-state index contributed by atoms with van der Waals surface area (Å²) in [5.74, 6) is 0.882. The highest BCUT2D eigenvalue weighted by atomic mass is 32.1. The van der Waals surface area contributed by atoms with Gasteiger partial charge in [-0.05, 0) is 68.4 Å². The van der Waals surface area contributed by atoms with Gasteiger partial charge in [-0.1, -0.05) is 152 Å². The third-order valence-electron chi connectivity index (χ3n) is 10.8. The van der Waals surface area contributed by atoms with Crippen LogP contribution < -0.4 is 10.6 Å². The Morgan fingerprint density at radius 3 is 1.91 bits per heavy atom. The molecule has 5 heteroatoms. The topological polar surface area (TPSA) is 49.6 Å². The molecule has 0 radical (unpaired) electrons. The molecule has 2 atom stereocenters. The standard InChI is InChI=1S/C49H33N3OS/c1-3-13-31(14-4-1)47-50-48(32-15-5-2-6-16-32)52-49(51-47)35-18-9-17-33(28-35)37-20-10-22-39-40-23-11-21-38(46(40)54-45(37)39)34-25-26-42-41(29-34)44-36-19-8-7-12-30(36)24-27-43(44)53-42/h1-29,47,49,51H,(H,50,52). The summed E-state index contributed by atoms with van der Waals surface area (Å²) in [7, 11) is 0. The molecule has 8 aromatic carbocycles. The molecule has 0 fully saturated rings. The molecule has 0 saturated carbocycles. The van der Waals surface area contributed by atoms with Crippen molar-refractivity contribution >= 4 is 70.1 Å². The van der Waals surface area contributed by atoms with E-state index in [9.17, 15) is 0 Å². The van der Waals surface area contributed by atoms with Crippen molar-refractivity contribution in [2.45, 2.75) is 12.3 Å². The largest absolute Gasteiger partial charge is 0.456 e. The van der Waals surface area contributed by atoms with Crippen LogP contribution in [-0.2, 0) is 0 Å². The van der Waals surface area contributed by atoms with Gasteiger partial charge in [0.2, 0.25) is 0 Å². The summed E-state index contributed by atoms with van der Waals surface area (Å²) in [5.41, 5.74) is 10.0. The number of hydrogen-bond acceptors (Lipinski definition) is 5. The fourth-order valence-corrected chi connectivity index (χ4v) is 9.53. The second-order valence-corrected chi connectivity index (χ2v) is 15.0. The smallest absolute Gasteiger partial charge is 0.136 e. The minimum absolute atomic E-state index is 0.0880. The van der Waals surface area contributed by atoms with Crippen LogP contribution in [0.1, 0.15) is 29.0 Å². The molecule has 2 aromatic heterocycles. The van der Waals surface area contributed by atoms with Crippen LogP contribution >= 0.6 is 11.3 Å². The van der Waals surface area contributed by atoms with E-state index in [1.165, 1.54) is 64.1 Å². The number of hydrogen-bond donors (Lipinski definition) is 2. The number of nitrogens with zero attached hydrogens (tertiary/aromatic N) is 1. The van der Waals surface area contributed by atoms with Gasteiger partial charge in [0.05, 0.1) is 0 Å². The Kier molecular flexibility index (Phi) is 7.22. The molecule has 0 saturated heterocycles. The second kappa shape index (κ2) is 12.6. The van der Waals surface area contributed by atoms with Crippen LogP contribution in [0.4, 0.5) is 0 Å². The van der Waals surface area contributed by atoms with E-state index in [1.807, 2.05) is 17.4 Å². The van der Waals surface area contributed by atoms with Gasteiger partial charge >= 0.3 is 0 Å². The maximum Gasteiger partial charge on any atom is 0.136 e. The maximum absolute atomic E-state index is 6.35. The first-order valence-electron chi connectivity index (χ1n) is 18.3. The molecule has 3 heterocycles. The molecule has 0 bridgehead atoms. The summed E-state index contributed by atoms with van der Waals surface area (Å²) in [6.45, 7) is 0. The molecule has 0 amide bonds. The van der Waals surface area contributed by atoms with Crippen molar-refractivity contribution < 1.29 is 4.42 Å². The second-order valence-electron chi connectivity index (χ2n) is 14.0. The predicted octanol–water partition coefficient (Wildman–Crippen LogP) is 12.8. The summed E-state index contributed by atoms with van der Waals surface area (Å²) in [6, 6.07) is 62.7. The zero-order valence-electron chi connectivity index (χ0n) is 29.2. The third kappa shape index (κ3) is 5.12. The van der Waals surface area contributed by atoms with Gasteiger partial charge in [-0.25, -0.2) is 4.99 Å². The van der Waals surface area contributed by atoms with Crippen molar-refractivity contribution in [1.82, 2.24) is 10.6 Å². The predicted molar refractivity (Wildman–Crippen MR) is 226 cm³/mol. The van der Waals surface area contributed by atoms with E-state index >= 15 is 0 Å². The molecule has 2 N–H and O–H groups in total. The SMILES string of the molecule is c1ccc(C2=NC(c3cccc(-c4cccc5c4sc4c(-c6ccc7oc8ccc9ccccc9c8c7c6)cccc45)c3)NC(c3ccccc3)N2)cc1. The van der Waals surface area contributed by atoms with Gasteiger partial charge in [-0.3, -0.25) is 5.32 Å². The van der Waals surface area contributed by atoms with Crippen LogP contribution in [0, 0.1) is 0 Å². The third-order valence-corrected chi connectivity index (χ3v) is 12.0. The van der Waals surface area contributed by atoms with E-state index in [-0.39, 0.29) is 12.3 Å². The summed E-state index contributed by atoms with van der Waals surface area (Å²) in [4.78, 5) is 5.22. The molecule has 0 aliphatic carbocycles. The minimum Gasteiger partial charge on any atom is -0.456 e. The first-order valence-corrected chi connectivity index (χ1v) is 19.2. The molecule has 2 unspecified atom stereocenters. The maximum atomic E-state index is 6.35. The van der Waals surface area contributed by atoms with E-state index in [2.05, 4.69) is 180 Å². The van der Waals surface area contributed by atoms with E-state index in [1.54, 1.807) is 0 Å². The zero-order valence-corrected chi connectivity index (χ0v) is 30.0. The van der Waals surface area contributed by atoms with Crippen LogP contribution in [0.15, 0.2) is 185 Å². The van der Waals surface area contributed by atoms with Crippen molar-refractivity contribution in [3.05, 3.63) is 193 Å². The molecule has 0 spiro atoms. The summed E-state index contributed by atoms with van der Waals surface area (Å²) < 4.78 is 8.92. The van der Waals surface area contributed by atoms with E-state index in [0.29, 0.717) is 0 Å². The number of amidine groups is 1. The Hall–Kier alpha value is -6.53. The fraction of sp³-hybridized carbons (Fsp3) is 0.0408. The first-order chi connectivity index (χ1) is 26.7. The Bertz CT molecular complexity index is 3070. The summed E-state index contributed by atoms with van der Waals surface area (Å²) >= 11 is 1.88. The highest BCUT2D eigenvalue weighted by Crippen LogP contribution is 2.45. The number of furan rings is 1. The molecule has 11 rings (SSSR count). The lowest BCUT2D eigenvalue weighted by Crippen LogP contribution is -2.44. The minimum atomic E-state index is -0.231. The summed E-state index contributed by atoms with van der Waals surface area (Å²) in [5, 5.41) is 14.7. The molecular formula is C49H33N3OS.